The van der Waals surface area contributed by atoms with Crippen molar-refractivity contribution < 1.29 is 9.47 Å². The van der Waals surface area contributed by atoms with Gasteiger partial charge in [0.15, 0.2) is 11.5 Å². The lowest BCUT2D eigenvalue weighted by atomic mass is 10.4. The Labute approximate surface area is 112 Å². The molecule has 1 saturated carbocycles. The molecule has 2 aromatic heterocycles. The Morgan fingerprint density at radius 3 is 2.68 bits per heavy atom. The van der Waals surface area contributed by atoms with E-state index in [9.17, 15) is 0 Å². The van der Waals surface area contributed by atoms with E-state index in [0.29, 0.717) is 19.3 Å². The monoisotopic (exact) mass is 261 g/mol. The normalized spacial score (nSPS) is 15.5. The molecule has 102 valence electrons. The molecule has 0 aromatic carbocycles. The SMILES string of the molecule is CCOC(OCC)c1nc2cccnc2n1C1CC1. The van der Waals surface area contributed by atoms with Gasteiger partial charge in [0.25, 0.3) is 0 Å². The summed E-state index contributed by atoms with van der Waals surface area (Å²) < 4.78 is 13.6. The van der Waals surface area contributed by atoms with Gasteiger partial charge in [0, 0.05) is 25.5 Å². The van der Waals surface area contributed by atoms with Crippen molar-refractivity contribution in [2.24, 2.45) is 0 Å². The van der Waals surface area contributed by atoms with E-state index in [1.165, 1.54) is 12.8 Å². The molecule has 1 fully saturated rings. The zero-order valence-corrected chi connectivity index (χ0v) is 11.4. The second kappa shape index (κ2) is 5.27. The first-order valence-corrected chi connectivity index (χ1v) is 6.91. The third-order valence-corrected chi connectivity index (χ3v) is 3.24. The first-order chi connectivity index (χ1) is 9.35. The highest BCUT2D eigenvalue weighted by Gasteiger charge is 2.32. The molecule has 5 nitrogen and oxygen atoms in total. The molecule has 2 aromatic rings. The first-order valence-electron chi connectivity index (χ1n) is 6.91. The lowest BCUT2D eigenvalue weighted by Crippen LogP contribution is -2.15. The van der Waals surface area contributed by atoms with Crippen LogP contribution in [0.2, 0.25) is 0 Å². The first kappa shape index (κ1) is 12.6. The van der Waals surface area contributed by atoms with Crippen molar-refractivity contribution in [3.05, 3.63) is 24.2 Å². The number of pyridine rings is 1. The molecule has 0 saturated heterocycles. The maximum Gasteiger partial charge on any atom is 0.217 e. The van der Waals surface area contributed by atoms with E-state index in [-0.39, 0.29) is 0 Å². The van der Waals surface area contributed by atoms with Gasteiger partial charge in [-0.05, 0) is 38.8 Å². The number of rotatable bonds is 6. The molecule has 0 unspecified atom stereocenters. The third kappa shape index (κ3) is 2.35. The molecule has 1 aliphatic rings. The lowest BCUT2D eigenvalue weighted by Gasteiger charge is -2.17. The van der Waals surface area contributed by atoms with Crippen LogP contribution in [0.5, 0.6) is 0 Å². The van der Waals surface area contributed by atoms with Crippen molar-refractivity contribution in [3.8, 4) is 0 Å². The molecule has 19 heavy (non-hydrogen) atoms. The summed E-state index contributed by atoms with van der Waals surface area (Å²) in [7, 11) is 0. The average Bonchev–Trinajstić information content (AvgIpc) is 3.18. The fourth-order valence-corrected chi connectivity index (χ4v) is 2.31. The fraction of sp³-hybridized carbons (Fsp3) is 0.571. The highest BCUT2D eigenvalue weighted by molar-refractivity contribution is 5.71. The number of ether oxygens (including phenoxy) is 2. The van der Waals surface area contributed by atoms with Crippen LogP contribution in [-0.4, -0.2) is 27.7 Å². The van der Waals surface area contributed by atoms with Crippen molar-refractivity contribution in [1.82, 2.24) is 14.5 Å². The minimum atomic E-state index is -0.398. The van der Waals surface area contributed by atoms with E-state index in [1.54, 1.807) is 0 Å². The van der Waals surface area contributed by atoms with E-state index in [0.717, 1.165) is 17.0 Å². The Morgan fingerprint density at radius 1 is 1.32 bits per heavy atom. The molecule has 0 radical (unpaired) electrons. The van der Waals surface area contributed by atoms with Gasteiger partial charge in [0.2, 0.25) is 6.29 Å². The van der Waals surface area contributed by atoms with Gasteiger partial charge < -0.3 is 14.0 Å². The topological polar surface area (TPSA) is 49.2 Å². The molecule has 0 bridgehead atoms. The number of fused-ring (bicyclic) bond motifs is 1. The third-order valence-electron chi connectivity index (χ3n) is 3.24. The highest BCUT2D eigenvalue weighted by atomic mass is 16.7. The quantitative estimate of drug-likeness (QED) is 0.750. The zero-order valence-electron chi connectivity index (χ0n) is 11.4. The minimum absolute atomic E-state index is 0.398. The summed E-state index contributed by atoms with van der Waals surface area (Å²) in [5, 5.41) is 0. The maximum atomic E-state index is 5.68. The van der Waals surface area contributed by atoms with Crippen LogP contribution >= 0.6 is 0 Å². The van der Waals surface area contributed by atoms with E-state index in [4.69, 9.17) is 9.47 Å². The van der Waals surface area contributed by atoms with Crippen molar-refractivity contribution >= 4 is 11.2 Å². The number of imidazole rings is 1. The van der Waals surface area contributed by atoms with Crippen LogP contribution in [0.25, 0.3) is 11.2 Å². The lowest BCUT2D eigenvalue weighted by molar-refractivity contribution is -0.146. The summed E-state index contributed by atoms with van der Waals surface area (Å²) in [5.74, 6) is 0.847. The number of hydrogen-bond acceptors (Lipinski definition) is 4. The Balaban J connectivity index is 2.07. The maximum absolute atomic E-state index is 5.68. The Bertz CT molecular complexity index is 557. The molecule has 5 heteroatoms. The van der Waals surface area contributed by atoms with Crippen LogP contribution in [0.1, 0.15) is 44.8 Å². The smallest absolute Gasteiger partial charge is 0.217 e. The van der Waals surface area contributed by atoms with Gasteiger partial charge in [-0.25, -0.2) is 9.97 Å². The van der Waals surface area contributed by atoms with Gasteiger partial charge in [-0.3, -0.25) is 0 Å². The molecular weight excluding hydrogens is 242 g/mol. The largest absolute Gasteiger partial charge is 0.346 e. The van der Waals surface area contributed by atoms with E-state index in [1.807, 2.05) is 32.2 Å². The van der Waals surface area contributed by atoms with Crippen LogP contribution in [0, 0.1) is 0 Å². The van der Waals surface area contributed by atoms with E-state index < -0.39 is 6.29 Å². The van der Waals surface area contributed by atoms with Crippen molar-refractivity contribution in [2.45, 2.75) is 39.0 Å². The minimum Gasteiger partial charge on any atom is -0.346 e. The molecule has 2 heterocycles. The molecule has 3 rings (SSSR count). The molecule has 0 spiro atoms. The number of aromatic nitrogens is 3. The molecule has 0 N–H and O–H groups in total. The number of nitrogens with zero attached hydrogens (tertiary/aromatic N) is 3. The summed E-state index contributed by atoms with van der Waals surface area (Å²) in [5.41, 5.74) is 1.85. The molecule has 0 aliphatic heterocycles. The Kier molecular flexibility index (Phi) is 3.48. The Hall–Kier alpha value is -1.46. The van der Waals surface area contributed by atoms with Crippen LogP contribution in [0.15, 0.2) is 18.3 Å². The van der Waals surface area contributed by atoms with Crippen molar-refractivity contribution in [1.29, 1.82) is 0 Å². The van der Waals surface area contributed by atoms with E-state index >= 15 is 0 Å². The summed E-state index contributed by atoms with van der Waals surface area (Å²) in [6, 6.07) is 4.39. The predicted molar refractivity (Wildman–Crippen MR) is 71.8 cm³/mol. The summed E-state index contributed by atoms with van der Waals surface area (Å²) in [4.78, 5) is 9.12. The Morgan fingerprint density at radius 2 is 2.05 bits per heavy atom. The highest BCUT2D eigenvalue weighted by Crippen LogP contribution is 2.40. The van der Waals surface area contributed by atoms with Crippen molar-refractivity contribution in [3.63, 3.8) is 0 Å². The summed E-state index contributed by atoms with van der Waals surface area (Å²) in [6.07, 6.45) is 3.77. The second-order valence-electron chi connectivity index (χ2n) is 4.66. The standard InChI is InChI=1S/C14H19N3O2/c1-3-18-14(19-4-2)13-16-11-6-5-9-15-12(11)17(13)10-7-8-10/h5-6,9-10,14H,3-4,7-8H2,1-2H3. The van der Waals surface area contributed by atoms with Crippen LogP contribution < -0.4 is 0 Å². The zero-order chi connectivity index (χ0) is 13.2. The summed E-state index contributed by atoms with van der Waals surface area (Å²) >= 11 is 0. The fourth-order valence-electron chi connectivity index (χ4n) is 2.31. The van der Waals surface area contributed by atoms with Gasteiger partial charge in [0.05, 0.1) is 0 Å². The van der Waals surface area contributed by atoms with E-state index in [2.05, 4.69) is 14.5 Å². The molecular formula is C14H19N3O2. The van der Waals surface area contributed by atoms with Gasteiger partial charge >= 0.3 is 0 Å². The average molecular weight is 261 g/mol. The van der Waals surface area contributed by atoms with Crippen molar-refractivity contribution in [2.75, 3.05) is 13.2 Å². The number of hydrogen-bond donors (Lipinski definition) is 0. The van der Waals surface area contributed by atoms with Crippen LogP contribution in [0.3, 0.4) is 0 Å². The summed E-state index contributed by atoms with van der Waals surface area (Å²) in [6.45, 7) is 5.14. The van der Waals surface area contributed by atoms with Gasteiger partial charge in [-0.2, -0.15) is 0 Å². The molecule has 0 amide bonds. The van der Waals surface area contributed by atoms with Gasteiger partial charge in [-0.15, -0.1) is 0 Å². The van der Waals surface area contributed by atoms with Gasteiger partial charge in [0.1, 0.15) is 5.52 Å². The van der Waals surface area contributed by atoms with Crippen LogP contribution in [0.4, 0.5) is 0 Å². The van der Waals surface area contributed by atoms with Crippen LogP contribution in [-0.2, 0) is 9.47 Å². The van der Waals surface area contributed by atoms with Gasteiger partial charge in [-0.1, -0.05) is 0 Å². The molecule has 1 aliphatic carbocycles. The molecule has 0 atom stereocenters. The predicted octanol–water partition coefficient (Wildman–Crippen LogP) is 2.84. The second-order valence-corrected chi connectivity index (χ2v) is 4.66.